The molecule has 0 saturated heterocycles. The summed E-state index contributed by atoms with van der Waals surface area (Å²) in [4.78, 5) is 22.7. The lowest BCUT2D eigenvalue weighted by Gasteiger charge is -2.14. The first-order valence-electron chi connectivity index (χ1n) is 8.38. The molecule has 0 fully saturated rings. The van der Waals surface area contributed by atoms with Gasteiger partial charge in [-0.05, 0) is 24.6 Å². The lowest BCUT2D eigenvalue weighted by atomic mass is 10.1. The minimum atomic E-state index is -0.784. The van der Waals surface area contributed by atoms with Crippen LogP contribution in [-0.4, -0.2) is 26.4 Å². The van der Waals surface area contributed by atoms with Gasteiger partial charge in [0, 0.05) is 18.7 Å². The first-order valence-corrected chi connectivity index (χ1v) is 8.76. The monoisotopic (exact) mass is 400 g/mol. The Hall–Kier alpha value is -3.23. The zero-order valence-electron chi connectivity index (χ0n) is 14.9. The molecule has 2 N–H and O–H groups in total. The molecule has 28 heavy (non-hydrogen) atoms. The van der Waals surface area contributed by atoms with E-state index in [-0.39, 0.29) is 22.9 Å². The highest BCUT2D eigenvalue weighted by atomic mass is 35.5. The number of aromatic nitrogens is 2. The first kappa shape index (κ1) is 19.5. The van der Waals surface area contributed by atoms with Gasteiger partial charge in [-0.2, -0.15) is 9.78 Å². The van der Waals surface area contributed by atoms with Crippen LogP contribution in [0.25, 0.3) is 5.69 Å². The van der Waals surface area contributed by atoms with Gasteiger partial charge in [-0.25, -0.2) is 0 Å². The second-order valence-corrected chi connectivity index (χ2v) is 6.55. The predicted molar refractivity (Wildman–Crippen MR) is 106 cm³/mol. The van der Waals surface area contributed by atoms with Crippen LogP contribution < -0.4 is 10.9 Å². The molecule has 0 saturated carbocycles. The van der Waals surface area contributed by atoms with Crippen molar-refractivity contribution in [3.8, 4) is 5.69 Å². The Morgan fingerprint density at radius 1 is 1.21 bits per heavy atom. The van der Waals surface area contributed by atoms with Gasteiger partial charge in [0.25, 0.3) is 11.2 Å². The Labute approximate surface area is 165 Å². The molecule has 3 rings (SSSR count). The Morgan fingerprint density at radius 2 is 1.86 bits per heavy atom. The fraction of sp³-hybridized carbons (Fsp3) is 0.158. The largest absolute Gasteiger partial charge is 0.387 e. The average molecular weight is 401 g/mol. The molecule has 0 amide bonds. The summed E-state index contributed by atoms with van der Waals surface area (Å²) in [7, 11) is 0. The van der Waals surface area contributed by atoms with Crippen molar-refractivity contribution in [3.05, 3.63) is 91.3 Å². The van der Waals surface area contributed by atoms with Crippen molar-refractivity contribution in [1.82, 2.24) is 9.78 Å². The third-order valence-electron chi connectivity index (χ3n) is 4.17. The lowest BCUT2D eigenvalue weighted by Crippen LogP contribution is -2.23. The molecular formula is C19H17ClN4O4. The highest BCUT2D eigenvalue weighted by Crippen LogP contribution is 2.20. The lowest BCUT2D eigenvalue weighted by molar-refractivity contribution is -0.384. The van der Waals surface area contributed by atoms with Crippen LogP contribution >= 0.6 is 11.6 Å². The summed E-state index contributed by atoms with van der Waals surface area (Å²) in [6, 6.07) is 12.8. The number of benzene rings is 2. The van der Waals surface area contributed by atoms with Gasteiger partial charge in [0.05, 0.1) is 28.6 Å². The molecule has 3 aromatic rings. The maximum atomic E-state index is 12.5. The van der Waals surface area contributed by atoms with Crippen molar-refractivity contribution >= 4 is 23.0 Å². The molecule has 8 nitrogen and oxygen atoms in total. The zero-order valence-corrected chi connectivity index (χ0v) is 15.6. The summed E-state index contributed by atoms with van der Waals surface area (Å²) in [5.74, 6) is 0. The summed E-state index contributed by atoms with van der Waals surface area (Å²) >= 11 is 6.15. The molecule has 2 aromatic carbocycles. The van der Waals surface area contributed by atoms with Crippen molar-refractivity contribution in [2.75, 3.05) is 11.9 Å². The number of non-ortho nitro benzene ring substituents is 1. The summed E-state index contributed by atoms with van der Waals surface area (Å²) in [5.41, 5.74) is 1.80. The van der Waals surface area contributed by atoms with E-state index in [1.807, 2.05) is 31.2 Å². The van der Waals surface area contributed by atoms with Crippen LogP contribution in [0, 0.1) is 17.0 Å². The number of nitrogens with one attached hydrogen (secondary N) is 1. The van der Waals surface area contributed by atoms with E-state index in [2.05, 4.69) is 10.4 Å². The second kappa shape index (κ2) is 8.20. The third kappa shape index (κ3) is 4.19. The van der Waals surface area contributed by atoms with Gasteiger partial charge in [-0.1, -0.05) is 41.4 Å². The maximum Gasteiger partial charge on any atom is 0.292 e. The van der Waals surface area contributed by atoms with Crippen molar-refractivity contribution in [1.29, 1.82) is 0 Å². The average Bonchev–Trinajstić information content (AvgIpc) is 2.69. The van der Waals surface area contributed by atoms with Crippen molar-refractivity contribution < 1.29 is 10.0 Å². The zero-order chi connectivity index (χ0) is 20.3. The number of halogens is 1. The third-order valence-corrected chi connectivity index (χ3v) is 4.54. The molecule has 9 heteroatoms. The van der Waals surface area contributed by atoms with Crippen LogP contribution in [0.1, 0.15) is 17.2 Å². The number of hydrogen-bond acceptors (Lipinski definition) is 6. The summed E-state index contributed by atoms with van der Waals surface area (Å²) in [6.07, 6.45) is 0.585. The fourth-order valence-electron chi connectivity index (χ4n) is 2.57. The van der Waals surface area contributed by atoms with Crippen LogP contribution in [0.3, 0.4) is 0 Å². The van der Waals surface area contributed by atoms with Crippen LogP contribution in [0.2, 0.25) is 5.02 Å². The number of nitro benzene ring substituents is 1. The molecular weight excluding hydrogens is 384 g/mol. The molecule has 1 aromatic heterocycles. The molecule has 0 aliphatic carbocycles. The minimum Gasteiger partial charge on any atom is -0.387 e. The molecule has 0 bridgehead atoms. The molecule has 1 unspecified atom stereocenters. The van der Waals surface area contributed by atoms with Gasteiger partial charge >= 0.3 is 0 Å². The van der Waals surface area contributed by atoms with E-state index in [0.717, 1.165) is 15.8 Å². The van der Waals surface area contributed by atoms with E-state index in [0.29, 0.717) is 5.69 Å². The number of rotatable bonds is 6. The summed E-state index contributed by atoms with van der Waals surface area (Å²) in [6.45, 7) is 2.10. The number of nitrogens with zero attached hydrogens (tertiary/aromatic N) is 3. The molecule has 1 heterocycles. The molecule has 0 spiro atoms. The number of aliphatic hydroxyl groups is 1. The van der Waals surface area contributed by atoms with E-state index >= 15 is 0 Å². The van der Waals surface area contributed by atoms with Gasteiger partial charge < -0.3 is 10.4 Å². The van der Waals surface area contributed by atoms with Crippen LogP contribution in [0.4, 0.5) is 11.4 Å². The highest BCUT2D eigenvalue weighted by Gasteiger charge is 2.14. The Morgan fingerprint density at radius 3 is 2.46 bits per heavy atom. The van der Waals surface area contributed by atoms with Crippen LogP contribution in [0.15, 0.2) is 59.5 Å². The van der Waals surface area contributed by atoms with Gasteiger partial charge in [0.15, 0.2) is 0 Å². The molecule has 144 valence electrons. The predicted octanol–water partition coefficient (Wildman–Crippen LogP) is 3.25. The smallest absolute Gasteiger partial charge is 0.292 e. The number of anilines is 1. The number of nitro groups is 1. The van der Waals surface area contributed by atoms with E-state index in [4.69, 9.17) is 11.6 Å². The van der Waals surface area contributed by atoms with Crippen LogP contribution in [0.5, 0.6) is 0 Å². The Kier molecular flexibility index (Phi) is 5.72. The second-order valence-electron chi connectivity index (χ2n) is 6.17. The van der Waals surface area contributed by atoms with E-state index < -0.39 is 16.6 Å². The van der Waals surface area contributed by atoms with Gasteiger partial charge in [0.1, 0.15) is 5.02 Å². The first-order chi connectivity index (χ1) is 13.4. The molecule has 1 atom stereocenters. The van der Waals surface area contributed by atoms with Crippen molar-refractivity contribution in [3.63, 3.8) is 0 Å². The van der Waals surface area contributed by atoms with Gasteiger partial charge in [-0.3, -0.25) is 14.9 Å². The fourth-order valence-corrected chi connectivity index (χ4v) is 2.76. The quantitative estimate of drug-likeness (QED) is 0.485. The SMILES string of the molecule is Cc1ccc(C(O)CNc2cnn(-c3ccc([N+](=O)[O-])cc3)c(=O)c2Cl)cc1. The molecule has 0 aliphatic rings. The summed E-state index contributed by atoms with van der Waals surface area (Å²) < 4.78 is 1.05. The van der Waals surface area contributed by atoms with Crippen LogP contribution in [-0.2, 0) is 0 Å². The Bertz CT molecular complexity index is 1050. The van der Waals surface area contributed by atoms with E-state index in [9.17, 15) is 20.0 Å². The topological polar surface area (TPSA) is 110 Å². The maximum absolute atomic E-state index is 12.5. The molecule has 0 radical (unpaired) electrons. The van der Waals surface area contributed by atoms with E-state index in [1.165, 1.54) is 30.5 Å². The Balaban J connectivity index is 1.77. The minimum absolute atomic E-state index is 0.0914. The number of hydrogen-bond donors (Lipinski definition) is 2. The number of aliphatic hydroxyl groups excluding tert-OH is 1. The standard InChI is InChI=1S/C19H17ClN4O4/c1-12-2-4-13(5-3-12)17(25)11-21-16-10-22-23(19(26)18(16)20)14-6-8-15(9-7-14)24(27)28/h2-10,17,21,25H,11H2,1H3. The van der Waals surface area contributed by atoms with Gasteiger partial charge in [0.2, 0.25) is 0 Å². The van der Waals surface area contributed by atoms with Gasteiger partial charge in [-0.15, -0.1) is 0 Å². The normalized spacial score (nSPS) is 11.8. The highest BCUT2D eigenvalue weighted by molar-refractivity contribution is 6.32. The van der Waals surface area contributed by atoms with Crippen molar-refractivity contribution in [2.45, 2.75) is 13.0 Å². The molecule has 0 aliphatic heterocycles. The van der Waals surface area contributed by atoms with E-state index in [1.54, 1.807) is 0 Å². The number of aryl methyl sites for hydroxylation is 1. The van der Waals surface area contributed by atoms with Crippen molar-refractivity contribution in [2.24, 2.45) is 0 Å². The summed E-state index contributed by atoms with van der Waals surface area (Å²) in [5, 5.41) is 27.9.